The average Bonchev–Trinajstić information content (AvgIpc) is 2.54. The van der Waals surface area contributed by atoms with Crippen molar-refractivity contribution in [2.24, 2.45) is 11.7 Å². The lowest BCUT2D eigenvalue weighted by Crippen LogP contribution is -2.46. The van der Waals surface area contributed by atoms with Crippen LogP contribution in [0.15, 0.2) is 30.3 Å². The van der Waals surface area contributed by atoms with E-state index in [0.29, 0.717) is 12.3 Å². The lowest BCUT2D eigenvalue weighted by atomic mass is 9.88. The first-order valence-corrected chi connectivity index (χ1v) is 7.60. The fraction of sp³-hybridized carbons (Fsp3) is 0.588. The number of nitriles is 1. The zero-order valence-electron chi connectivity index (χ0n) is 13.0. The van der Waals surface area contributed by atoms with E-state index in [1.54, 1.807) is 7.11 Å². The summed E-state index contributed by atoms with van der Waals surface area (Å²) < 4.78 is 5.54. The van der Waals surface area contributed by atoms with Gasteiger partial charge in [-0.25, -0.2) is 0 Å². The Balaban J connectivity index is 1.97. The maximum Gasteiger partial charge on any atom is 0.131 e. The second-order valence-corrected chi connectivity index (χ2v) is 6.04. The van der Waals surface area contributed by atoms with E-state index >= 15 is 0 Å². The van der Waals surface area contributed by atoms with Gasteiger partial charge in [0.05, 0.1) is 12.2 Å². The Hall–Kier alpha value is -1.41. The highest BCUT2D eigenvalue weighted by atomic mass is 16.5. The summed E-state index contributed by atoms with van der Waals surface area (Å²) in [5, 5.41) is 9.49. The van der Waals surface area contributed by atoms with Crippen LogP contribution in [0.2, 0.25) is 0 Å². The monoisotopic (exact) mass is 287 g/mol. The summed E-state index contributed by atoms with van der Waals surface area (Å²) in [6, 6.07) is 11.9. The van der Waals surface area contributed by atoms with E-state index in [0.717, 1.165) is 31.6 Å². The zero-order valence-corrected chi connectivity index (χ0v) is 13.0. The molecule has 0 radical (unpaired) electrons. The van der Waals surface area contributed by atoms with E-state index in [4.69, 9.17) is 10.5 Å². The van der Waals surface area contributed by atoms with Crippen LogP contribution in [0.4, 0.5) is 0 Å². The maximum absolute atomic E-state index is 9.49. The molecule has 1 aliphatic heterocycles. The third-order valence-corrected chi connectivity index (χ3v) is 4.59. The normalized spacial score (nSPS) is 26.0. The number of methoxy groups -OCH3 is 1. The van der Waals surface area contributed by atoms with Gasteiger partial charge >= 0.3 is 0 Å². The fourth-order valence-corrected chi connectivity index (χ4v) is 2.94. The predicted octanol–water partition coefficient (Wildman–Crippen LogP) is 2.11. The quantitative estimate of drug-likeness (QED) is 0.901. The molecule has 2 N–H and O–H groups in total. The van der Waals surface area contributed by atoms with Crippen molar-refractivity contribution in [2.45, 2.75) is 31.4 Å². The summed E-state index contributed by atoms with van der Waals surface area (Å²) in [5.41, 5.74) is 6.29. The first-order valence-electron chi connectivity index (χ1n) is 7.60. The number of hydrogen-bond acceptors (Lipinski definition) is 4. The van der Waals surface area contributed by atoms with Gasteiger partial charge < -0.3 is 15.4 Å². The molecule has 1 fully saturated rings. The molecular formula is C17H25N3O. The fourth-order valence-electron chi connectivity index (χ4n) is 2.94. The lowest BCUT2D eigenvalue weighted by molar-refractivity contribution is -0.00617. The van der Waals surface area contributed by atoms with Crippen molar-refractivity contribution in [3.8, 4) is 6.07 Å². The molecule has 0 bridgehead atoms. The first kappa shape index (κ1) is 16.0. The molecule has 1 aromatic rings. The standard InChI is InChI=1S/C17H25N3O/c1-14-8-10-20(12-16(14)21-2)11-9-17(19,13-18)15-6-4-3-5-7-15/h3-7,14,16H,8-12,19H2,1-2H3. The van der Waals surface area contributed by atoms with Crippen molar-refractivity contribution in [3.05, 3.63) is 35.9 Å². The van der Waals surface area contributed by atoms with Crippen molar-refractivity contribution < 1.29 is 4.74 Å². The smallest absolute Gasteiger partial charge is 0.131 e. The van der Waals surface area contributed by atoms with Crippen LogP contribution < -0.4 is 5.73 Å². The molecule has 1 aromatic carbocycles. The number of benzene rings is 1. The Kier molecular flexibility index (Phi) is 5.35. The van der Waals surface area contributed by atoms with Gasteiger partial charge in [0, 0.05) is 20.2 Å². The lowest BCUT2D eigenvalue weighted by Gasteiger charge is -2.37. The van der Waals surface area contributed by atoms with Gasteiger partial charge in [0.15, 0.2) is 0 Å². The van der Waals surface area contributed by atoms with Crippen LogP contribution in [0, 0.1) is 17.2 Å². The molecule has 0 saturated carbocycles. The summed E-state index contributed by atoms with van der Waals surface area (Å²) >= 11 is 0. The van der Waals surface area contributed by atoms with E-state index in [1.165, 1.54) is 0 Å². The third-order valence-electron chi connectivity index (χ3n) is 4.59. The van der Waals surface area contributed by atoms with Gasteiger partial charge in [-0.3, -0.25) is 0 Å². The van der Waals surface area contributed by atoms with Crippen LogP contribution in [-0.4, -0.2) is 37.7 Å². The average molecular weight is 287 g/mol. The molecule has 2 rings (SSSR count). The highest BCUT2D eigenvalue weighted by Gasteiger charge is 2.30. The summed E-state index contributed by atoms with van der Waals surface area (Å²) in [5.74, 6) is 0.596. The Bertz CT molecular complexity index is 485. The highest BCUT2D eigenvalue weighted by molar-refractivity contribution is 5.30. The second-order valence-electron chi connectivity index (χ2n) is 6.04. The van der Waals surface area contributed by atoms with Crippen LogP contribution in [0.5, 0.6) is 0 Å². The van der Waals surface area contributed by atoms with Crippen LogP contribution in [0.25, 0.3) is 0 Å². The van der Waals surface area contributed by atoms with Gasteiger partial charge in [-0.2, -0.15) is 5.26 Å². The number of piperidine rings is 1. The molecule has 21 heavy (non-hydrogen) atoms. The minimum atomic E-state index is -0.910. The minimum absolute atomic E-state index is 0.282. The summed E-state index contributed by atoms with van der Waals surface area (Å²) in [6.07, 6.45) is 2.05. The Labute approximate surface area is 127 Å². The van der Waals surface area contributed by atoms with E-state index in [1.807, 2.05) is 30.3 Å². The number of rotatable bonds is 5. The van der Waals surface area contributed by atoms with Crippen molar-refractivity contribution >= 4 is 0 Å². The van der Waals surface area contributed by atoms with Crippen LogP contribution >= 0.6 is 0 Å². The van der Waals surface area contributed by atoms with Gasteiger partial charge in [0.1, 0.15) is 5.54 Å². The number of likely N-dealkylation sites (tertiary alicyclic amines) is 1. The molecule has 4 heteroatoms. The van der Waals surface area contributed by atoms with Crippen molar-refractivity contribution in [1.29, 1.82) is 5.26 Å². The predicted molar refractivity (Wildman–Crippen MR) is 83.6 cm³/mol. The minimum Gasteiger partial charge on any atom is -0.380 e. The molecule has 1 heterocycles. The number of nitrogens with zero attached hydrogens (tertiary/aromatic N) is 2. The maximum atomic E-state index is 9.49. The SMILES string of the molecule is COC1CN(CCC(N)(C#N)c2ccccc2)CCC1C. The van der Waals surface area contributed by atoms with Gasteiger partial charge in [0.25, 0.3) is 0 Å². The molecule has 114 valence electrons. The molecule has 1 aliphatic rings. The molecule has 0 aliphatic carbocycles. The Morgan fingerprint density at radius 1 is 1.43 bits per heavy atom. The number of hydrogen-bond donors (Lipinski definition) is 1. The van der Waals surface area contributed by atoms with Crippen LogP contribution in [-0.2, 0) is 10.3 Å². The van der Waals surface area contributed by atoms with Crippen LogP contribution in [0.3, 0.4) is 0 Å². The molecule has 0 aromatic heterocycles. The van der Waals surface area contributed by atoms with E-state index in [9.17, 15) is 5.26 Å². The Morgan fingerprint density at radius 3 is 2.76 bits per heavy atom. The van der Waals surface area contributed by atoms with Crippen LogP contribution in [0.1, 0.15) is 25.3 Å². The van der Waals surface area contributed by atoms with Gasteiger partial charge in [-0.1, -0.05) is 37.3 Å². The summed E-state index contributed by atoms with van der Waals surface area (Å²) in [7, 11) is 1.77. The van der Waals surface area contributed by atoms with Crippen molar-refractivity contribution in [3.63, 3.8) is 0 Å². The molecule has 3 atom stereocenters. The highest BCUT2D eigenvalue weighted by Crippen LogP contribution is 2.24. The third kappa shape index (κ3) is 3.82. The first-order chi connectivity index (χ1) is 10.1. The Morgan fingerprint density at radius 2 is 2.14 bits per heavy atom. The molecular weight excluding hydrogens is 262 g/mol. The molecule has 4 nitrogen and oxygen atoms in total. The largest absolute Gasteiger partial charge is 0.380 e. The van der Waals surface area contributed by atoms with Gasteiger partial charge in [0.2, 0.25) is 0 Å². The molecule has 0 amide bonds. The second kappa shape index (κ2) is 7.04. The van der Waals surface area contributed by atoms with Crippen molar-refractivity contribution in [2.75, 3.05) is 26.7 Å². The topological polar surface area (TPSA) is 62.3 Å². The molecule has 0 spiro atoms. The summed E-state index contributed by atoms with van der Waals surface area (Å²) in [6.45, 7) is 5.04. The number of ether oxygens (including phenoxy) is 1. The van der Waals surface area contributed by atoms with Crippen molar-refractivity contribution in [1.82, 2.24) is 4.90 Å². The van der Waals surface area contributed by atoms with Gasteiger partial charge in [-0.15, -0.1) is 0 Å². The van der Waals surface area contributed by atoms with E-state index in [-0.39, 0.29) is 6.10 Å². The van der Waals surface area contributed by atoms with E-state index < -0.39 is 5.54 Å². The summed E-state index contributed by atoms with van der Waals surface area (Å²) in [4.78, 5) is 2.36. The zero-order chi connectivity index (χ0) is 15.3. The van der Waals surface area contributed by atoms with Gasteiger partial charge in [-0.05, 0) is 30.9 Å². The van der Waals surface area contributed by atoms with E-state index in [2.05, 4.69) is 17.9 Å². The number of nitrogens with two attached hydrogens (primary N) is 1. The molecule has 1 saturated heterocycles. The molecule has 3 unspecified atom stereocenters.